The molecule has 7 nitrogen and oxygen atoms in total. The minimum atomic E-state index is -0.265. The lowest BCUT2D eigenvalue weighted by atomic mass is 10.0. The van der Waals surface area contributed by atoms with Crippen LogP contribution < -0.4 is 20.5 Å². The van der Waals surface area contributed by atoms with Crippen LogP contribution in [0.5, 0.6) is 17.2 Å². The first-order valence-electron chi connectivity index (χ1n) is 10.5. The Morgan fingerprint density at radius 1 is 1.00 bits per heavy atom. The van der Waals surface area contributed by atoms with E-state index in [2.05, 4.69) is 5.32 Å². The van der Waals surface area contributed by atoms with Crippen LogP contribution in [0.2, 0.25) is 0 Å². The number of ether oxygens (including phenoxy) is 2. The third kappa shape index (κ3) is 7.14. The number of aryl methyl sites for hydroxylation is 1. The molecule has 0 saturated heterocycles. The molecule has 0 saturated carbocycles. The minimum absolute atomic E-state index is 0.146. The highest BCUT2D eigenvalue weighted by atomic mass is 16.5. The molecule has 1 amide bonds. The van der Waals surface area contributed by atoms with Crippen LogP contribution in [-0.4, -0.2) is 36.5 Å². The highest BCUT2D eigenvalue weighted by Crippen LogP contribution is 2.21. The van der Waals surface area contributed by atoms with Gasteiger partial charge in [-0.3, -0.25) is 4.79 Å². The summed E-state index contributed by atoms with van der Waals surface area (Å²) < 4.78 is 11.1. The van der Waals surface area contributed by atoms with Gasteiger partial charge in [0.2, 0.25) is 0 Å². The van der Waals surface area contributed by atoms with Crippen LogP contribution in [0.3, 0.4) is 0 Å². The van der Waals surface area contributed by atoms with Crippen LogP contribution in [-0.2, 0) is 4.79 Å². The summed E-state index contributed by atoms with van der Waals surface area (Å²) in [5, 5.41) is 20.7. The molecule has 0 unspecified atom stereocenters. The first-order valence-corrected chi connectivity index (χ1v) is 10.5. The second-order valence-electron chi connectivity index (χ2n) is 7.34. The Kier molecular flexibility index (Phi) is 8.07. The summed E-state index contributed by atoms with van der Waals surface area (Å²) in [5.41, 5.74) is 8.76. The molecule has 0 heterocycles. The molecule has 3 aromatic carbocycles. The van der Waals surface area contributed by atoms with E-state index in [9.17, 15) is 9.90 Å². The van der Waals surface area contributed by atoms with Gasteiger partial charge in [0.1, 0.15) is 23.9 Å². The minimum Gasteiger partial charge on any atom is -0.508 e. The van der Waals surface area contributed by atoms with Gasteiger partial charge in [-0.25, -0.2) is 0 Å². The number of phenolic OH excluding ortho intramolecular Hbond substituents is 1. The first kappa shape index (κ1) is 23.4. The molecule has 0 aliphatic carbocycles. The number of hydrogen-bond donors (Lipinski definition) is 4. The highest BCUT2D eigenvalue weighted by molar-refractivity contribution is 6.10. The average molecular weight is 446 g/mol. The maximum Gasteiger partial charge on any atom is 0.258 e. The van der Waals surface area contributed by atoms with E-state index in [1.807, 2.05) is 30.3 Å². The molecule has 0 spiro atoms. The molecule has 3 rings (SSSR count). The van der Waals surface area contributed by atoms with Gasteiger partial charge in [0, 0.05) is 11.3 Å². The number of allylic oxidation sites excluding steroid dienone is 1. The fourth-order valence-corrected chi connectivity index (χ4v) is 2.99. The van der Waals surface area contributed by atoms with Gasteiger partial charge in [0.05, 0.1) is 12.3 Å². The summed E-state index contributed by atoms with van der Waals surface area (Å²) in [6, 6.07) is 21.3. The van der Waals surface area contributed by atoms with Crippen molar-refractivity contribution in [3.05, 3.63) is 95.6 Å². The Balaban J connectivity index is 1.49. The van der Waals surface area contributed by atoms with Gasteiger partial charge in [-0.15, -0.1) is 0 Å². The van der Waals surface area contributed by atoms with Crippen molar-refractivity contribution in [2.24, 2.45) is 5.73 Å². The molecule has 0 radical (unpaired) electrons. The number of hydrogen-bond acceptors (Lipinski definition) is 6. The van der Waals surface area contributed by atoms with Gasteiger partial charge in [-0.05, 0) is 66.6 Å². The molecule has 0 bridgehead atoms. The van der Waals surface area contributed by atoms with Crippen molar-refractivity contribution in [3.8, 4) is 17.2 Å². The largest absolute Gasteiger partial charge is 0.508 e. The summed E-state index contributed by atoms with van der Waals surface area (Å²) in [6.07, 6.45) is 1.55. The van der Waals surface area contributed by atoms with Gasteiger partial charge in [-0.1, -0.05) is 30.3 Å². The molecule has 0 atom stereocenters. The van der Waals surface area contributed by atoms with Crippen LogP contribution >= 0.6 is 0 Å². The van der Waals surface area contributed by atoms with E-state index in [-0.39, 0.29) is 24.0 Å². The standard InChI is InChI=1S/C26H27N3O4/c1-18-14-20(10-11-25(18)30)24(28)16-23(27)19-6-5-9-22(15-19)33-17-26(31)29-12-13-32-21-7-3-2-4-8-21/h2-11,14-16,27,30H,12-13,17,28H2,1H3,(H,29,31). The maximum absolute atomic E-state index is 12.0. The number of rotatable bonds is 10. The molecular formula is C26H27N3O4. The molecule has 0 fully saturated rings. The number of benzene rings is 3. The van der Waals surface area contributed by atoms with Gasteiger partial charge >= 0.3 is 0 Å². The molecule has 7 heteroatoms. The van der Waals surface area contributed by atoms with Gasteiger partial charge in [0.25, 0.3) is 5.91 Å². The molecule has 33 heavy (non-hydrogen) atoms. The lowest BCUT2D eigenvalue weighted by molar-refractivity contribution is -0.123. The van der Waals surface area contributed by atoms with Crippen LogP contribution in [0, 0.1) is 12.3 Å². The zero-order valence-electron chi connectivity index (χ0n) is 18.4. The maximum atomic E-state index is 12.0. The predicted molar refractivity (Wildman–Crippen MR) is 129 cm³/mol. The SMILES string of the molecule is Cc1cc(C(N)=CC(=N)c2cccc(OCC(=O)NCCOc3ccccc3)c2)ccc1O. The smallest absolute Gasteiger partial charge is 0.258 e. The number of nitrogens with one attached hydrogen (secondary N) is 2. The Morgan fingerprint density at radius 3 is 2.52 bits per heavy atom. The number of para-hydroxylation sites is 1. The number of phenols is 1. The van der Waals surface area contributed by atoms with Crippen LogP contribution in [0.4, 0.5) is 0 Å². The third-order valence-electron chi connectivity index (χ3n) is 4.78. The van der Waals surface area contributed by atoms with Crippen molar-refractivity contribution < 1.29 is 19.4 Å². The van der Waals surface area contributed by atoms with Crippen molar-refractivity contribution in [2.45, 2.75) is 6.92 Å². The van der Waals surface area contributed by atoms with E-state index >= 15 is 0 Å². The predicted octanol–water partition coefficient (Wildman–Crippen LogP) is 3.64. The summed E-state index contributed by atoms with van der Waals surface area (Å²) in [7, 11) is 0. The van der Waals surface area contributed by atoms with E-state index in [0.29, 0.717) is 35.7 Å². The number of amides is 1. The first-order chi connectivity index (χ1) is 15.9. The quantitative estimate of drug-likeness (QED) is 0.281. The number of aromatic hydroxyl groups is 1. The van der Waals surface area contributed by atoms with E-state index < -0.39 is 0 Å². The zero-order valence-corrected chi connectivity index (χ0v) is 18.4. The summed E-state index contributed by atoms with van der Waals surface area (Å²) in [4.78, 5) is 12.0. The normalized spacial score (nSPS) is 11.0. The molecule has 0 aliphatic heterocycles. The Morgan fingerprint density at radius 2 is 1.76 bits per heavy atom. The van der Waals surface area contributed by atoms with E-state index in [1.165, 1.54) is 0 Å². The fourth-order valence-electron chi connectivity index (χ4n) is 2.99. The Labute approximate surface area is 193 Å². The monoisotopic (exact) mass is 445 g/mol. The van der Waals surface area contributed by atoms with Gasteiger partial charge in [-0.2, -0.15) is 0 Å². The van der Waals surface area contributed by atoms with E-state index in [0.717, 1.165) is 11.3 Å². The van der Waals surface area contributed by atoms with Crippen molar-refractivity contribution in [2.75, 3.05) is 19.8 Å². The topological polar surface area (TPSA) is 118 Å². The third-order valence-corrected chi connectivity index (χ3v) is 4.78. The summed E-state index contributed by atoms with van der Waals surface area (Å²) in [6.45, 7) is 2.36. The fraction of sp³-hybridized carbons (Fsp3) is 0.154. The van der Waals surface area contributed by atoms with E-state index in [1.54, 1.807) is 55.5 Å². The van der Waals surface area contributed by atoms with Crippen LogP contribution in [0.25, 0.3) is 5.70 Å². The lowest BCUT2D eigenvalue weighted by Gasteiger charge is -2.10. The average Bonchev–Trinajstić information content (AvgIpc) is 2.83. The molecule has 170 valence electrons. The van der Waals surface area contributed by atoms with Crippen molar-refractivity contribution >= 4 is 17.3 Å². The van der Waals surface area contributed by atoms with Gasteiger partial charge in [0.15, 0.2) is 6.61 Å². The van der Waals surface area contributed by atoms with E-state index in [4.69, 9.17) is 20.6 Å². The molecule has 0 aromatic heterocycles. The number of carbonyl (C=O) groups excluding carboxylic acids is 1. The second-order valence-corrected chi connectivity index (χ2v) is 7.34. The van der Waals surface area contributed by atoms with Crippen molar-refractivity contribution in [1.82, 2.24) is 5.32 Å². The Bertz CT molecular complexity index is 1140. The van der Waals surface area contributed by atoms with Crippen LogP contribution in [0.1, 0.15) is 16.7 Å². The summed E-state index contributed by atoms with van der Waals surface area (Å²) in [5.74, 6) is 1.15. The van der Waals surface area contributed by atoms with Crippen molar-refractivity contribution in [3.63, 3.8) is 0 Å². The molecular weight excluding hydrogens is 418 g/mol. The molecule has 5 N–H and O–H groups in total. The number of carbonyl (C=O) groups is 1. The zero-order chi connectivity index (χ0) is 23.6. The van der Waals surface area contributed by atoms with Gasteiger partial charge < -0.3 is 31.0 Å². The summed E-state index contributed by atoms with van der Waals surface area (Å²) >= 11 is 0. The Hall–Kier alpha value is -4.26. The van der Waals surface area contributed by atoms with Crippen LogP contribution in [0.15, 0.2) is 78.9 Å². The highest BCUT2D eigenvalue weighted by Gasteiger charge is 2.07. The number of nitrogens with two attached hydrogens (primary N) is 1. The molecule has 0 aliphatic rings. The molecule has 3 aromatic rings. The lowest BCUT2D eigenvalue weighted by Crippen LogP contribution is -2.32. The van der Waals surface area contributed by atoms with Crippen molar-refractivity contribution in [1.29, 1.82) is 5.41 Å². The second kappa shape index (κ2) is 11.4.